The highest BCUT2D eigenvalue weighted by Gasteiger charge is 2.10. The van der Waals surface area contributed by atoms with Crippen molar-refractivity contribution < 1.29 is 30.0 Å². The van der Waals surface area contributed by atoms with Crippen LogP contribution in [0.5, 0.6) is 23.0 Å². The quantitative estimate of drug-likeness (QED) is 0.341. The number of nitrogens with one attached hydrogen (secondary N) is 2. The molecule has 0 unspecified atom stereocenters. The van der Waals surface area contributed by atoms with Gasteiger partial charge in [0.1, 0.15) is 0 Å². The van der Waals surface area contributed by atoms with Gasteiger partial charge in [-0.1, -0.05) is 0 Å². The van der Waals surface area contributed by atoms with Gasteiger partial charge in [-0.3, -0.25) is 9.59 Å². The van der Waals surface area contributed by atoms with Crippen molar-refractivity contribution in [3.63, 3.8) is 0 Å². The monoisotopic (exact) mass is 346 g/mol. The molecule has 0 heterocycles. The lowest BCUT2D eigenvalue weighted by atomic mass is 10.2. The van der Waals surface area contributed by atoms with Crippen LogP contribution in [-0.2, 0) is 0 Å². The molecule has 2 aromatic carbocycles. The van der Waals surface area contributed by atoms with E-state index in [-0.39, 0.29) is 34.1 Å². The highest BCUT2D eigenvalue weighted by molar-refractivity contribution is 5.95. The van der Waals surface area contributed by atoms with Crippen LogP contribution in [0, 0.1) is 0 Å². The number of rotatable bonds is 6. The third-order valence-electron chi connectivity index (χ3n) is 3.40. The Morgan fingerprint density at radius 3 is 1.44 bits per heavy atom. The number of amides is 2. The van der Waals surface area contributed by atoms with Crippen molar-refractivity contribution in [3.05, 3.63) is 47.5 Å². The van der Waals surface area contributed by atoms with Crippen LogP contribution >= 0.6 is 0 Å². The number of benzene rings is 2. The van der Waals surface area contributed by atoms with E-state index in [0.29, 0.717) is 19.5 Å². The zero-order valence-electron chi connectivity index (χ0n) is 13.2. The zero-order valence-corrected chi connectivity index (χ0v) is 13.2. The first-order chi connectivity index (χ1) is 11.9. The maximum Gasteiger partial charge on any atom is 0.251 e. The van der Waals surface area contributed by atoms with Gasteiger partial charge in [0.25, 0.3) is 11.8 Å². The molecule has 2 rings (SSSR count). The Morgan fingerprint density at radius 2 is 1.08 bits per heavy atom. The molecular formula is C17H18N2O6. The van der Waals surface area contributed by atoms with Crippen LogP contribution in [0.4, 0.5) is 0 Å². The number of hydrogen-bond acceptors (Lipinski definition) is 6. The Morgan fingerprint density at radius 1 is 0.680 bits per heavy atom. The number of phenols is 4. The van der Waals surface area contributed by atoms with Gasteiger partial charge in [0.2, 0.25) is 0 Å². The number of carbonyl (C=O) groups excluding carboxylic acids is 2. The van der Waals surface area contributed by atoms with Crippen LogP contribution in [0.25, 0.3) is 0 Å². The molecule has 0 aliphatic heterocycles. The predicted octanol–water partition coefficient (Wildman–Crippen LogP) is 1.06. The first kappa shape index (κ1) is 17.9. The molecule has 8 nitrogen and oxygen atoms in total. The van der Waals surface area contributed by atoms with E-state index in [9.17, 15) is 30.0 Å². The average Bonchev–Trinajstić information content (AvgIpc) is 2.59. The highest BCUT2D eigenvalue weighted by Crippen LogP contribution is 2.25. The SMILES string of the molecule is O=C(NCCCNC(=O)c1ccc(O)c(O)c1)c1ccc(O)c(O)c1. The van der Waals surface area contributed by atoms with Gasteiger partial charge in [-0.25, -0.2) is 0 Å². The fourth-order valence-electron chi connectivity index (χ4n) is 2.03. The fourth-order valence-corrected chi connectivity index (χ4v) is 2.03. The van der Waals surface area contributed by atoms with Gasteiger partial charge < -0.3 is 31.1 Å². The molecule has 0 spiro atoms. The van der Waals surface area contributed by atoms with Gasteiger partial charge in [-0.15, -0.1) is 0 Å². The predicted molar refractivity (Wildman–Crippen MR) is 88.8 cm³/mol. The van der Waals surface area contributed by atoms with Gasteiger partial charge in [0.05, 0.1) is 0 Å². The number of hydrogen-bond donors (Lipinski definition) is 6. The minimum absolute atomic E-state index is 0.207. The number of phenolic OH excluding ortho intramolecular Hbond substituents is 4. The molecule has 25 heavy (non-hydrogen) atoms. The van der Waals surface area contributed by atoms with E-state index >= 15 is 0 Å². The third-order valence-corrected chi connectivity index (χ3v) is 3.40. The smallest absolute Gasteiger partial charge is 0.251 e. The van der Waals surface area contributed by atoms with Gasteiger partial charge >= 0.3 is 0 Å². The van der Waals surface area contributed by atoms with Crippen LogP contribution in [0.15, 0.2) is 36.4 Å². The summed E-state index contributed by atoms with van der Waals surface area (Å²) < 4.78 is 0. The molecule has 0 aromatic heterocycles. The number of carbonyl (C=O) groups is 2. The van der Waals surface area contributed by atoms with Gasteiger partial charge in [-0.05, 0) is 42.8 Å². The second-order valence-corrected chi connectivity index (χ2v) is 5.27. The molecule has 132 valence electrons. The Bertz CT molecular complexity index is 725. The van der Waals surface area contributed by atoms with Crippen LogP contribution in [0.2, 0.25) is 0 Å². The Kier molecular flexibility index (Phi) is 5.67. The van der Waals surface area contributed by atoms with Crippen molar-refractivity contribution in [2.24, 2.45) is 0 Å². The van der Waals surface area contributed by atoms with E-state index in [0.717, 1.165) is 12.1 Å². The molecule has 0 aliphatic carbocycles. The highest BCUT2D eigenvalue weighted by atomic mass is 16.3. The first-order valence-corrected chi connectivity index (χ1v) is 7.49. The minimum atomic E-state index is -0.412. The third kappa shape index (κ3) is 4.77. The van der Waals surface area contributed by atoms with Crippen LogP contribution in [0.1, 0.15) is 27.1 Å². The summed E-state index contributed by atoms with van der Waals surface area (Å²) in [6.07, 6.45) is 0.464. The van der Waals surface area contributed by atoms with Crippen molar-refractivity contribution >= 4 is 11.8 Å². The topological polar surface area (TPSA) is 139 Å². The molecule has 0 bridgehead atoms. The first-order valence-electron chi connectivity index (χ1n) is 7.49. The van der Waals surface area contributed by atoms with Crippen LogP contribution < -0.4 is 10.6 Å². The van der Waals surface area contributed by atoms with Crippen molar-refractivity contribution in [1.82, 2.24) is 10.6 Å². The summed E-state index contributed by atoms with van der Waals surface area (Å²) in [5.74, 6) is -2.19. The summed E-state index contributed by atoms with van der Waals surface area (Å²) in [7, 11) is 0. The summed E-state index contributed by atoms with van der Waals surface area (Å²) in [4.78, 5) is 23.7. The Labute approximate surface area is 143 Å². The summed E-state index contributed by atoms with van der Waals surface area (Å²) in [5.41, 5.74) is 0.415. The molecule has 0 fully saturated rings. The van der Waals surface area contributed by atoms with Crippen molar-refractivity contribution in [1.29, 1.82) is 0 Å². The van der Waals surface area contributed by atoms with E-state index in [1.807, 2.05) is 0 Å². The van der Waals surface area contributed by atoms with Gasteiger partial charge in [-0.2, -0.15) is 0 Å². The number of aromatic hydroxyl groups is 4. The average molecular weight is 346 g/mol. The fraction of sp³-hybridized carbons (Fsp3) is 0.176. The lowest BCUT2D eigenvalue weighted by Gasteiger charge is -2.08. The molecule has 0 radical (unpaired) electrons. The second-order valence-electron chi connectivity index (χ2n) is 5.27. The lowest BCUT2D eigenvalue weighted by Crippen LogP contribution is -2.29. The van der Waals surface area contributed by atoms with Crippen LogP contribution in [-0.4, -0.2) is 45.3 Å². The second kappa shape index (κ2) is 7.91. The summed E-state index contributed by atoms with van der Waals surface area (Å²) in [6.45, 7) is 0.586. The normalized spacial score (nSPS) is 10.2. The molecule has 6 N–H and O–H groups in total. The van der Waals surface area contributed by atoms with Crippen molar-refractivity contribution in [2.45, 2.75) is 6.42 Å². The van der Waals surface area contributed by atoms with Crippen molar-refractivity contribution in [3.8, 4) is 23.0 Å². The van der Waals surface area contributed by atoms with Gasteiger partial charge in [0, 0.05) is 24.2 Å². The Balaban J connectivity index is 1.73. The molecule has 0 saturated heterocycles. The maximum atomic E-state index is 11.9. The molecule has 2 aromatic rings. The van der Waals surface area contributed by atoms with E-state index in [1.54, 1.807) is 0 Å². The molecule has 8 heteroatoms. The van der Waals surface area contributed by atoms with E-state index in [4.69, 9.17) is 0 Å². The molecule has 0 atom stereocenters. The molecule has 2 amide bonds. The van der Waals surface area contributed by atoms with E-state index in [2.05, 4.69) is 10.6 Å². The molecular weight excluding hydrogens is 328 g/mol. The van der Waals surface area contributed by atoms with Gasteiger partial charge in [0.15, 0.2) is 23.0 Å². The zero-order chi connectivity index (χ0) is 18.4. The largest absolute Gasteiger partial charge is 0.504 e. The summed E-state index contributed by atoms with van der Waals surface area (Å²) in [6, 6.07) is 7.51. The standard InChI is InChI=1S/C17H18N2O6/c20-12-4-2-10(8-14(12)22)16(24)18-6-1-7-19-17(25)11-3-5-13(21)15(23)9-11/h2-5,8-9,20-23H,1,6-7H2,(H,18,24)(H,19,25). The van der Waals surface area contributed by atoms with Crippen molar-refractivity contribution in [2.75, 3.05) is 13.1 Å². The minimum Gasteiger partial charge on any atom is -0.504 e. The molecule has 0 aliphatic rings. The Hall–Kier alpha value is -3.42. The lowest BCUT2D eigenvalue weighted by molar-refractivity contribution is 0.0951. The maximum absolute atomic E-state index is 11.9. The summed E-state index contributed by atoms with van der Waals surface area (Å²) >= 11 is 0. The van der Waals surface area contributed by atoms with Crippen LogP contribution in [0.3, 0.4) is 0 Å². The van der Waals surface area contributed by atoms with E-state index in [1.165, 1.54) is 24.3 Å². The molecule has 0 saturated carbocycles. The van der Waals surface area contributed by atoms with E-state index < -0.39 is 11.8 Å². The summed E-state index contributed by atoms with van der Waals surface area (Å²) in [5, 5.41) is 42.3.